The fourth-order valence-electron chi connectivity index (χ4n) is 2.40. The number of benzene rings is 1. The van der Waals surface area contributed by atoms with E-state index in [0.29, 0.717) is 0 Å². The lowest BCUT2D eigenvalue weighted by molar-refractivity contribution is 0.717. The predicted molar refractivity (Wildman–Crippen MR) is 76.5 cm³/mol. The second-order valence-electron chi connectivity index (χ2n) is 4.56. The number of hydrogen-bond acceptors (Lipinski definition) is 2. The Hall–Kier alpha value is -0.670. The average molecular weight is 308 g/mol. The number of thiazole rings is 1. The zero-order valence-electron chi connectivity index (χ0n) is 9.53. The van der Waals surface area contributed by atoms with Crippen molar-refractivity contribution < 1.29 is 0 Å². The molecule has 0 bridgehead atoms. The van der Waals surface area contributed by atoms with Crippen LogP contribution in [-0.2, 0) is 0 Å². The van der Waals surface area contributed by atoms with Crippen molar-refractivity contribution in [3.8, 4) is 11.3 Å². The number of nitrogens with zero attached hydrogens (tertiary/aromatic N) is 1. The minimum Gasteiger partial charge on any atom is -0.241 e. The maximum absolute atomic E-state index is 4.80. The number of rotatable bonds is 2. The van der Waals surface area contributed by atoms with Crippen molar-refractivity contribution in [3.63, 3.8) is 0 Å². The standard InChI is InChI=1S/C14H14BrNS/c15-12-7-5-10(6-8-12)13-9-17-14(16-13)11-3-1-2-4-11/h5-9,11H,1-4H2. The minimum atomic E-state index is 0.726. The van der Waals surface area contributed by atoms with Gasteiger partial charge in [0.25, 0.3) is 0 Å². The largest absolute Gasteiger partial charge is 0.241 e. The lowest BCUT2D eigenvalue weighted by Crippen LogP contribution is -1.90. The number of halogens is 1. The quantitative estimate of drug-likeness (QED) is 0.740. The molecule has 3 rings (SSSR count). The van der Waals surface area contributed by atoms with Gasteiger partial charge < -0.3 is 0 Å². The number of hydrogen-bond donors (Lipinski definition) is 0. The highest BCUT2D eigenvalue weighted by Gasteiger charge is 2.20. The van der Waals surface area contributed by atoms with Gasteiger partial charge in [-0.2, -0.15) is 0 Å². The van der Waals surface area contributed by atoms with E-state index in [0.717, 1.165) is 16.1 Å². The summed E-state index contributed by atoms with van der Waals surface area (Å²) in [6.45, 7) is 0. The first-order valence-electron chi connectivity index (χ1n) is 6.04. The molecule has 0 aliphatic heterocycles. The van der Waals surface area contributed by atoms with Crippen LogP contribution in [0.25, 0.3) is 11.3 Å². The molecule has 17 heavy (non-hydrogen) atoms. The molecule has 0 unspecified atom stereocenters. The van der Waals surface area contributed by atoms with Crippen molar-refractivity contribution in [2.45, 2.75) is 31.6 Å². The van der Waals surface area contributed by atoms with Crippen molar-refractivity contribution in [2.24, 2.45) is 0 Å². The Bertz CT molecular complexity index is 497. The van der Waals surface area contributed by atoms with Crippen LogP contribution in [-0.4, -0.2) is 4.98 Å². The van der Waals surface area contributed by atoms with Gasteiger partial charge in [-0.25, -0.2) is 4.98 Å². The summed E-state index contributed by atoms with van der Waals surface area (Å²) in [6.07, 6.45) is 5.40. The van der Waals surface area contributed by atoms with E-state index in [-0.39, 0.29) is 0 Å². The van der Waals surface area contributed by atoms with Crippen LogP contribution >= 0.6 is 27.3 Å². The fraction of sp³-hybridized carbons (Fsp3) is 0.357. The monoisotopic (exact) mass is 307 g/mol. The van der Waals surface area contributed by atoms with E-state index in [1.165, 1.54) is 36.3 Å². The van der Waals surface area contributed by atoms with Gasteiger partial charge in [-0.1, -0.05) is 40.9 Å². The van der Waals surface area contributed by atoms with Crippen molar-refractivity contribution >= 4 is 27.3 Å². The molecule has 88 valence electrons. The Labute approximate surface area is 114 Å². The summed E-state index contributed by atoms with van der Waals surface area (Å²) >= 11 is 5.28. The molecule has 0 N–H and O–H groups in total. The summed E-state index contributed by atoms with van der Waals surface area (Å²) in [4.78, 5) is 4.80. The summed E-state index contributed by atoms with van der Waals surface area (Å²) in [7, 11) is 0. The fourth-order valence-corrected chi connectivity index (χ4v) is 3.67. The van der Waals surface area contributed by atoms with Crippen LogP contribution in [0.4, 0.5) is 0 Å². The van der Waals surface area contributed by atoms with Crippen LogP contribution in [0.5, 0.6) is 0 Å². The topological polar surface area (TPSA) is 12.9 Å². The molecule has 0 atom stereocenters. The average Bonchev–Trinajstić information content (AvgIpc) is 3.00. The van der Waals surface area contributed by atoms with Crippen LogP contribution in [0.1, 0.15) is 36.6 Å². The Morgan fingerprint density at radius 2 is 1.82 bits per heavy atom. The van der Waals surface area contributed by atoms with Crippen molar-refractivity contribution in [1.29, 1.82) is 0 Å². The smallest absolute Gasteiger partial charge is 0.0963 e. The third kappa shape index (κ3) is 2.45. The summed E-state index contributed by atoms with van der Waals surface area (Å²) in [5, 5.41) is 3.53. The van der Waals surface area contributed by atoms with Gasteiger partial charge in [0.1, 0.15) is 0 Å². The van der Waals surface area contributed by atoms with E-state index in [1.807, 2.05) is 11.3 Å². The molecule has 0 saturated heterocycles. The highest BCUT2D eigenvalue weighted by atomic mass is 79.9. The Morgan fingerprint density at radius 3 is 2.53 bits per heavy atom. The second kappa shape index (κ2) is 4.91. The molecule has 2 aromatic rings. The highest BCUT2D eigenvalue weighted by molar-refractivity contribution is 9.10. The Kier molecular flexibility index (Phi) is 3.30. The lowest BCUT2D eigenvalue weighted by atomic mass is 10.1. The van der Waals surface area contributed by atoms with Crippen molar-refractivity contribution in [1.82, 2.24) is 4.98 Å². The molecular weight excluding hydrogens is 294 g/mol. The van der Waals surface area contributed by atoms with Crippen LogP contribution in [0.2, 0.25) is 0 Å². The van der Waals surface area contributed by atoms with Crippen LogP contribution in [0.15, 0.2) is 34.1 Å². The second-order valence-corrected chi connectivity index (χ2v) is 6.36. The van der Waals surface area contributed by atoms with Gasteiger partial charge in [0, 0.05) is 21.3 Å². The molecule has 1 saturated carbocycles. The van der Waals surface area contributed by atoms with Crippen LogP contribution < -0.4 is 0 Å². The van der Waals surface area contributed by atoms with Crippen LogP contribution in [0.3, 0.4) is 0 Å². The Morgan fingerprint density at radius 1 is 1.12 bits per heavy atom. The van der Waals surface area contributed by atoms with Gasteiger partial charge in [0.05, 0.1) is 10.7 Å². The van der Waals surface area contributed by atoms with Gasteiger partial charge in [-0.05, 0) is 25.0 Å². The first-order valence-corrected chi connectivity index (χ1v) is 7.71. The van der Waals surface area contributed by atoms with Gasteiger partial charge in [-0.3, -0.25) is 0 Å². The zero-order valence-corrected chi connectivity index (χ0v) is 11.9. The van der Waals surface area contributed by atoms with Gasteiger partial charge in [0.2, 0.25) is 0 Å². The predicted octanol–water partition coefficient (Wildman–Crippen LogP) is 5.23. The molecule has 0 spiro atoms. The molecule has 1 heterocycles. The van der Waals surface area contributed by atoms with E-state index in [2.05, 4.69) is 45.6 Å². The molecular formula is C14H14BrNS. The van der Waals surface area contributed by atoms with E-state index in [4.69, 9.17) is 4.98 Å². The highest BCUT2D eigenvalue weighted by Crippen LogP contribution is 2.37. The SMILES string of the molecule is Brc1ccc(-c2csc(C3CCCC3)n2)cc1. The third-order valence-electron chi connectivity index (χ3n) is 3.37. The molecule has 1 aromatic heterocycles. The maximum atomic E-state index is 4.80. The van der Waals surface area contributed by atoms with Gasteiger partial charge >= 0.3 is 0 Å². The molecule has 1 aliphatic rings. The summed E-state index contributed by atoms with van der Waals surface area (Å²) in [6, 6.07) is 8.39. The maximum Gasteiger partial charge on any atom is 0.0963 e. The lowest BCUT2D eigenvalue weighted by Gasteiger charge is -2.02. The number of aromatic nitrogens is 1. The van der Waals surface area contributed by atoms with Gasteiger partial charge in [-0.15, -0.1) is 11.3 Å². The molecule has 0 radical (unpaired) electrons. The summed E-state index contributed by atoms with van der Waals surface area (Å²) < 4.78 is 1.12. The molecule has 1 nitrogen and oxygen atoms in total. The Balaban J connectivity index is 1.86. The zero-order chi connectivity index (χ0) is 11.7. The van der Waals surface area contributed by atoms with Crippen molar-refractivity contribution in [2.75, 3.05) is 0 Å². The third-order valence-corrected chi connectivity index (χ3v) is 4.90. The summed E-state index contributed by atoms with van der Waals surface area (Å²) in [5.41, 5.74) is 2.35. The van der Waals surface area contributed by atoms with E-state index in [1.54, 1.807) is 0 Å². The first-order chi connectivity index (χ1) is 8.33. The van der Waals surface area contributed by atoms with Crippen LogP contribution in [0, 0.1) is 0 Å². The summed E-state index contributed by atoms with van der Waals surface area (Å²) in [5.74, 6) is 0.726. The molecule has 1 fully saturated rings. The molecule has 3 heteroatoms. The minimum absolute atomic E-state index is 0.726. The van der Waals surface area contributed by atoms with E-state index in [9.17, 15) is 0 Å². The molecule has 1 aromatic carbocycles. The van der Waals surface area contributed by atoms with E-state index >= 15 is 0 Å². The first kappa shape index (κ1) is 11.4. The molecule has 0 amide bonds. The normalized spacial score (nSPS) is 16.5. The van der Waals surface area contributed by atoms with Gasteiger partial charge in [0.15, 0.2) is 0 Å². The van der Waals surface area contributed by atoms with Crippen molar-refractivity contribution in [3.05, 3.63) is 39.1 Å². The van der Waals surface area contributed by atoms with E-state index < -0.39 is 0 Å². The molecule has 1 aliphatic carbocycles.